The van der Waals surface area contributed by atoms with Crippen LogP contribution in [0.2, 0.25) is 0 Å². The van der Waals surface area contributed by atoms with Crippen LogP contribution in [0.4, 0.5) is 0 Å². The molecular weight excluding hydrogens is 522 g/mol. The van der Waals surface area contributed by atoms with E-state index in [1.807, 2.05) is 47.0 Å². The Kier molecular flexibility index (Phi) is 8.23. The summed E-state index contributed by atoms with van der Waals surface area (Å²) in [6.45, 7) is 0.972. The van der Waals surface area contributed by atoms with Crippen molar-refractivity contribution in [2.24, 2.45) is 0 Å². The number of rotatable bonds is 10. The lowest BCUT2D eigenvalue weighted by atomic mass is 10.1. The quantitative estimate of drug-likeness (QED) is 0.185. The zero-order valence-corrected chi connectivity index (χ0v) is 22.5. The Morgan fingerprint density at radius 3 is 2.76 bits per heavy atom. The fraction of sp³-hybridized carbons (Fsp3) is 0.333. The van der Waals surface area contributed by atoms with Crippen LogP contribution in [0.1, 0.15) is 25.7 Å². The molecule has 1 N–H and O–H groups in total. The summed E-state index contributed by atoms with van der Waals surface area (Å²) in [5.74, 6) is 1.18. The molecule has 0 radical (unpaired) electrons. The van der Waals surface area contributed by atoms with E-state index in [9.17, 15) is 18.6 Å². The van der Waals surface area contributed by atoms with E-state index in [1.54, 1.807) is 30.1 Å². The van der Waals surface area contributed by atoms with Gasteiger partial charge in [0.15, 0.2) is 0 Å². The van der Waals surface area contributed by atoms with Crippen molar-refractivity contribution in [3.63, 3.8) is 0 Å². The maximum absolute atomic E-state index is 13.4. The predicted molar refractivity (Wildman–Crippen MR) is 149 cm³/mol. The highest BCUT2D eigenvalue weighted by atomic mass is 32.2. The summed E-state index contributed by atoms with van der Waals surface area (Å²) in [6.07, 6.45) is 5.88. The van der Waals surface area contributed by atoms with Crippen LogP contribution in [0.5, 0.6) is 0 Å². The molecule has 1 aliphatic rings. The lowest BCUT2D eigenvalue weighted by molar-refractivity contribution is -0.121. The second-order valence-corrected chi connectivity index (χ2v) is 11.6. The number of benzene rings is 1. The molecular formula is C27H29N5O4S2. The molecule has 38 heavy (non-hydrogen) atoms. The van der Waals surface area contributed by atoms with E-state index >= 15 is 0 Å². The number of imidazole rings is 1. The molecule has 0 spiro atoms. The van der Waals surface area contributed by atoms with Crippen LogP contribution < -0.4 is 16.6 Å². The van der Waals surface area contributed by atoms with Gasteiger partial charge in [0.1, 0.15) is 10.7 Å². The third kappa shape index (κ3) is 5.53. The zero-order chi connectivity index (χ0) is 26.5. The number of carbonyl (C=O) groups is 1. The molecule has 0 fully saturated rings. The van der Waals surface area contributed by atoms with Gasteiger partial charge in [-0.05, 0) is 42.7 Å². The van der Waals surface area contributed by atoms with Gasteiger partial charge in [0.25, 0.3) is 5.56 Å². The van der Waals surface area contributed by atoms with Gasteiger partial charge in [-0.2, -0.15) is 0 Å². The molecule has 1 atom stereocenters. The third-order valence-corrected chi connectivity index (χ3v) is 9.08. The maximum atomic E-state index is 13.4. The van der Waals surface area contributed by atoms with Gasteiger partial charge in [-0.3, -0.25) is 27.3 Å². The number of nitrogens with zero attached hydrogens (tertiary/aromatic N) is 4. The molecule has 9 nitrogen and oxygen atoms in total. The molecule has 1 amide bonds. The number of hydrogen-bond acceptors (Lipinski definition) is 6. The summed E-state index contributed by atoms with van der Waals surface area (Å²) in [4.78, 5) is 43.2. The van der Waals surface area contributed by atoms with Crippen molar-refractivity contribution in [3.8, 4) is 11.1 Å². The first kappa shape index (κ1) is 26.2. The molecule has 1 aliphatic heterocycles. The highest BCUT2D eigenvalue weighted by molar-refractivity contribution is 7.99. The minimum atomic E-state index is -1.40. The SMILES string of the molecule is O=C(CCCSc1cccc2nccn12)NCCCn1c(=O)c(-c2ccccc2)c2n(c1=O)CCCS2=O. The molecule has 0 saturated heterocycles. The van der Waals surface area contributed by atoms with Crippen molar-refractivity contribution >= 4 is 34.1 Å². The summed E-state index contributed by atoms with van der Waals surface area (Å²) < 4.78 is 17.5. The first-order chi connectivity index (χ1) is 18.5. The molecule has 11 heteroatoms. The number of carbonyl (C=O) groups excluding carboxylic acids is 1. The normalized spacial score (nSPS) is 14.9. The highest BCUT2D eigenvalue weighted by Crippen LogP contribution is 2.25. The molecule has 4 aromatic rings. The first-order valence-electron chi connectivity index (χ1n) is 12.7. The predicted octanol–water partition coefficient (Wildman–Crippen LogP) is 2.91. The van der Waals surface area contributed by atoms with E-state index in [2.05, 4.69) is 10.3 Å². The van der Waals surface area contributed by atoms with Gasteiger partial charge in [-0.1, -0.05) is 36.4 Å². The highest BCUT2D eigenvalue weighted by Gasteiger charge is 2.26. The van der Waals surface area contributed by atoms with Crippen molar-refractivity contribution < 1.29 is 9.00 Å². The molecule has 1 aromatic carbocycles. The number of nitrogens with one attached hydrogen (secondary N) is 1. The van der Waals surface area contributed by atoms with Crippen LogP contribution in [0.15, 0.2) is 80.6 Å². The number of amides is 1. The van der Waals surface area contributed by atoms with Crippen LogP contribution in [0.3, 0.4) is 0 Å². The molecule has 5 rings (SSSR count). The first-order valence-corrected chi connectivity index (χ1v) is 15.0. The number of thioether (sulfide) groups is 1. The Morgan fingerprint density at radius 1 is 1.08 bits per heavy atom. The Balaban J connectivity index is 1.17. The fourth-order valence-electron chi connectivity index (χ4n) is 4.62. The molecule has 198 valence electrons. The topological polar surface area (TPSA) is 107 Å². The minimum Gasteiger partial charge on any atom is -0.356 e. The minimum absolute atomic E-state index is 0.0543. The lowest BCUT2D eigenvalue weighted by Gasteiger charge is -2.22. The number of aromatic nitrogens is 4. The van der Waals surface area contributed by atoms with Crippen molar-refractivity contribution in [2.75, 3.05) is 18.1 Å². The number of hydrogen-bond donors (Lipinski definition) is 1. The molecule has 0 bridgehead atoms. The van der Waals surface area contributed by atoms with Gasteiger partial charge < -0.3 is 5.32 Å². The summed E-state index contributed by atoms with van der Waals surface area (Å²) in [7, 11) is -1.40. The monoisotopic (exact) mass is 551 g/mol. The summed E-state index contributed by atoms with van der Waals surface area (Å²) >= 11 is 1.68. The Labute approximate surface area is 226 Å². The van der Waals surface area contributed by atoms with E-state index in [1.165, 1.54) is 9.13 Å². The standard InChI is InChI=1S/C27H29N5O4S2/c33-22(11-5-18-37-23-12-4-10-21-28-14-17-30(21)23)29-13-6-15-31-25(34)24(20-8-2-1-3-9-20)26-32(27(31)35)16-7-19-38(26)36/h1-4,8-10,12,14,17H,5-7,11,13,15-16,18-19H2,(H,29,33). The van der Waals surface area contributed by atoms with Crippen molar-refractivity contribution in [1.82, 2.24) is 23.8 Å². The maximum Gasteiger partial charge on any atom is 0.331 e. The smallest absolute Gasteiger partial charge is 0.331 e. The van der Waals surface area contributed by atoms with E-state index in [0.29, 0.717) is 54.3 Å². The van der Waals surface area contributed by atoms with Gasteiger partial charge in [-0.15, -0.1) is 11.8 Å². The second-order valence-electron chi connectivity index (χ2n) is 9.02. The van der Waals surface area contributed by atoms with Crippen molar-refractivity contribution in [2.45, 2.75) is 48.8 Å². The van der Waals surface area contributed by atoms with E-state index < -0.39 is 22.0 Å². The molecule has 4 heterocycles. The summed E-state index contributed by atoms with van der Waals surface area (Å²) in [5.41, 5.74) is 1.01. The average Bonchev–Trinajstić information content (AvgIpc) is 3.42. The van der Waals surface area contributed by atoms with Gasteiger partial charge in [0.2, 0.25) is 5.91 Å². The van der Waals surface area contributed by atoms with Crippen LogP contribution in [0.25, 0.3) is 16.8 Å². The zero-order valence-electron chi connectivity index (χ0n) is 20.9. The number of pyridine rings is 1. The van der Waals surface area contributed by atoms with Gasteiger partial charge in [0.05, 0.1) is 21.4 Å². The average molecular weight is 552 g/mol. The molecule has 3 aromatic heterocycles. The second kappa shape index (κ2) is 12.0. The molecule has 0 aliphatic carbocycles. The summed E-state index contributed by atoms with van der Waals surface area (Å²) in [5, 5.41) is 4.30. The molecule has 1 unspecified atom stereocenters. The van der Waals surface area contributed by atoms with E-state index in [-0.39, 0.29) is 12.5 Å². The van der Waals surface area contributed by atoms with Gasteiger partial charge in [-0.25, -0.2) is 9.78 Å². The third-order valence-electron chi connectivity index (χ3n) is 6.44. The summed E-state index contributed by atoms with van der Waals surface area (Å²) in [6, 6.07) is 15.0. The largest absolute Gasteiger partial charge is 0.356 e. The fourth-order valence-corrected chi connectivity index (χ4v) is 7.01. The number of fused-ring (bicyclic) bond motifs is 2. The van der Waals surface area contributed by atoms with E-state index in [0.717, 1.165) is 22.8 Å². The Hall–Kier alpha value is -3.44. The lowest BCUT2D eigenvalue weighted by Crippen LogP contribution is -2.44. The Bertz CT molecular complexity index is 1590. The van der Waals surface area contributed by atoms with Crippen molar-refractivity contribution in [1.29, 1.82) is 0 Å². The van der Waals surface area contributed by atoms with E-state index in [4.69, 9.17) is 0 Å². The van der Waals surface area contributed by atoms with Gasteiger partial charge >= 0.3 is 5.69 Å². The van der Waals surface area contributed by atoms with Crippen LogP contribution in [0, 0.1) is 0 Å². The van der Waals surface area contributed by atoms with Crippen LogP contribution in [-0.4, -0.2) is 46.7 Å². The Morgan fingerprint density at radius 2 is 1.92 bits per heavy atom. The van der Waals surface area contributed by atoms with Crippen LogP contribution >= 0.6 is 11.8 Å². The van der Waals surface area contributed by atoms with Crippen molar-refractivity contribution in [3.05, 3.63) is 81.8 Å². The molecule has 0 saturated carbocycles. The van der Waals surface area contributed by atoms with Crippen LogP contribution in [-0.2, 0) is 28.7 Å². The van der Waals surface area contributed by atoms with Gasteiger partial charge in [0, 0.05) is 44.2 Å².